The Morgan fingerprint density at radius 1 is 1.37 bits per heavy atom. The number of oxime groups is 1. The number of benzene rings is 1. The van der Waals surface area contributed by atoms with Gasteiger partial charge in [0.1, 0.15) is 0 Å². The molecule has 2 atom stereocenters. The molecule has 1 fully saturated rings. The fourth-order valence-electron chi connectivity index (χ4n) is 2.41. The summed E-state index contributed by atoms with van der Waals surface area (Å²) in [4.78, 5) is 16.4. The Balaban J connectivity index is 2.01. The molecule has 7 heteroatoms. The minimum atomic E-state index is -1.70. The topological polar surface area (TPSA) is 68.1 Å². The Bertz CT molecular complexity index is 569. The summed E-state index contributed by atoms with van der Waals surface area (Å²) < 4.78 is 5.24. The lowest BCUT2D eigenvalue weighted by atomic mass is 9.89. The Kier molecular flexibility index (Phi) is 2.92. The lowest BCUT2D eigenvalue weighted by Gasteiger charge is -2.20. The van der Waals surface area contributed by atoms with E-state index in [1.807, 2.05) is 0 Å². The van der Waals surface area contributed by atoms with Crippen LogP contribution in [0.25, 0.3) is 0 Å². The number of halogens is 2. The van der Waals surface area contributed by atoms with E-state index in [0.29, 0.717) is 34.3 Å². The molecular formula is C12H9Cl2NO4. The van der Waals surface area contributed by atoms with E-state index < -0.39 is 17.7 Å². The van der Waals surface area contributed by atoms with Crippen molar-refractivity contribution in [3.8, 4) is 0 Å². The average Bonchev–Trinajstić information content (AvgIpc) is 2.85. The van der Waals surface area contributed by atoms with Crippen LogP contribution in [0.4, 0.5) is 0 Å². The normalized spacial score (nSPS) is 28.7. The van der Waals surface area contributed by atoms with Gasteiger partial charge in [0.15, 0.2) is 0 Å². The number of carboxylic acids is 1. The smallest absolute Gasteiger partial charge is 0.380 e. The molecule has 0 spiro atoms. The molecule has 2 aliphatic rings. The largest absolute Gasteiger partial charge is 0.476 e. The number of carbonyl (C=O) groups is 1. The fraction of sp³-hybridized carbons (Fsp3) is 0.333. The summed E-state index contributed by atoms with van der Waals surface area (Å²) in [7, 11) is 0. The summed E-state index contributed by atoms with van der Waals surface area (Å²) in [6, 6.07) is 4.94. The highest BCUT2D eigenvalue weighted by molar-refractivity contribution is 6.35. The molecule has 0 saturated carbocycles. The molecule has 3 rings (SSSR count). The van der Waals surface area contributed by atoms with Crippen LogP contribution in [0.5, 0.6) is 0 Å². The second-order valence-corrected chi connectivity index (χ2v) is 5.26. The predicted octanol–water partition coefficient (Wildman–Crippen LogP) is 2.55. The first-order valence-electron chi connectivity index (χ1n) is 5.63. The van der Waals surface area contributed by atoms with Crippen LogP contribution in [-0.4, -0.2) is 29.2 Å². The van der Waals surface area contributed by atoms with E-state index >= 15 is 0 Å². The summed E-state index contributed by atoms with van der Waals surface area (Å²) in [6.45, 7) is 0.310. The molecule has 19 heavy (non-hydrogen) atoms. The van der Waals surface area contributed by atoms with Gasteiger partial charge in [0.25, 0.3) is 0 Å². The van der Waals surface area contributed by atoms with Crippen molar-refractivity contribution in [3.63, 3.8) is 0 Å². The number of hydrogen-bond acceptors (Lipinski definition) is 4. The number of hydrogen-bond donors (Lipinski definition) is 1. The second kappa shape index (κ2) is 4.37. The van der Waals surface area contributed by atoms with Crippen molar-refractivity contribution in [2.45, 2.75) is 12.2 Å². The van der Waals surface area contributed by atoms with E-state index in [1.54, 1.807) is 18.2 Å². The van der Waals surface area contributed by atoms with Crippen molar-refractivity contribution >= 4 is 34.9 Å². The third kappa shape index (κ3) is 1.89. The number of carboxylic acid groups (broad SMARTS) is 1. The number of aliphatic carboxylic acids is 1. The van der Waals surface area contributed by atoms with Crippen LogP contribution in [-0.2, 0) is 14.4 Å². The molecule has 1 aromatic carbocycles. The maximum absolute atomic E-state index is 11.3. The van der Waals surface area contributed by atoms with Crippen molar-refractivity contribution in [1.29, 1.82) is 0 Å². The van der Waals surface area contributed by atoms with Crippen LogP contribution < -0.4 is 0 Å². The van der Waals surface area contributed by atoms with E-state index in [4.69, 9.17) is 32.8 Å². The molecule has 1 N–H and O–H groups in total. The van der Waals surface area contributed by atoms with Crippen molar-refractivity contribution in [2.24, 2.45) is 11.1 Å². The van der Waals surface area contributed by atoms with E-state index in [2.05, 4.69) is 5.16 Å². The van der Waals surface area contributed by atoms with Crippen LogP contribution in [0.2, 0.25) is 10.0 Å². The molecule has 5 nitrogen and oxygen atoms in total. The summed E-state index contributed by atoms with van der Waals surface area (Å²) in [5.74, 6) is -3.34. The Hall–Kier alpha value is -1.30. The average molecular weight is 302 g/mol. The van der Waals surface area contributed by atoms with Gasteiger partial charge >= 0.3 is 11.8 Å². The zero-order valence-corrected chi connectivity index (χ0v) is 11.1. The van der Waals surface area contributed by atoms with Crippen LogP contribution in [0.3, 0.4) is 0 Å². The number of ether oxygens (including phenoxy) is 1. The van der Waals surface area contributed by atoms with Crippen molar-refractivity contribution in [3.05, 3.63) is 33.8 Å². The molecular weight excluding hydrogens is 293 g/mol. The van der Waals surface area contributed by atoms with E-state index in [9.17, 15) is 9.90 Å². The third-order valence-electron chi connectivity index (χ3n) is 3.25. The summed E-state index contributed by atoms with van der Waals surface area (Å²) in [5, 5.41) is 14.0. The summed E-state index contributed by atoms with van der Waals surface area (Å²) >= 11 is 11.9. The molecule has 2 aliphatic heterocycles. The van der Waals surface area contributed by atoms with E-state index in [1.165, 1.54) is 0 Å². The van der Waals surface area contributed by atoms with Gasteiger partial charge in [-0.3, -0.25) is 0 Å². The second-order valence-electron chi connectivity index (χ2n) is 4.39. The van der Waals surface area contributed by atoms with Crippen LogP contribution in [0, 0.1) is 5.92 Å². The zero-order chi connectivity index (χ0) is 13.6. The Labute approximate surface area is 118 Å². The van der Waals surface area contributed by atoms with Gasteiger partial charge in [0.05, 0.1) is 18.2 Å². The molecule has 0 bridgehead atoms. The quantitative estimate of drug-likeness (QED) is 0.911. The lowest BCUT2D eigenvalue weighted by molar-refractivity contribution is -0.226. The number of fused-ring (bicyclic) bond motifs is 1. The van der Waals surface area contributed by atoms with Crippen molar-refractivity contribution < 1.29 is 19.5 Å². The van der Waals surface area contributed by atoms with Gasteiger partial charge in [0, 0.05) is 15.6 Å². The van der Waals surface area contributed by atoms with Gasteiger partial charge < -0.3 is 14.7 Å². The van der Waals surface area contributed by atoms with Gasteiger partial charge in [-0.05, 0) is 24.6 Å². The fourth-order valence-corrected chi connectivity index (χ4v) is 2.94. The third-order valence-corrected chi connectivity index (χ3v) is 3.68. The van der Waals surface area contributed by atoms with Gasteiger partial charge in [-0.1, -0.05) is 28.4 Å². The van der Waals surface area contributed by atoms with Gasteiger partial charge in [-0.15, -0.1) is 0 Å². The molecule has 0 radical (unpaired) electrons. The maximum atomic E-state index is 11.3. The monoisotopic (exact) mass is 301 g/mol. The minimum Gasteiger partial charge on any atom is -0.476 e. The first-order chi connectivity index (χ1) is 9.03. The molecule has 2 unspecified atom stereocenters. The molecule has 0 aliphatic carbocycles. The van der Waals surface area contributed by atoms with Crippen molar-refractivity contribution in [1.82, 2.24) is 0 Å². The van der Waals surface area contributed by atoms with Crippen LogP contribution >= 0.6 is 23.2 Å². The zero-order valence-electron chi connectivity index (χ0n) is 9.60. The highest BCUT2D eigenvalue weighted by Gasteiger charge is 2.60. The number of rotatable bonds is 2. The molecule has 0 aromatic heterocycles. The van der Waals surface area contributed by atoms with Crippen LogP contribution in [0.1, 0.15) is 12.0 Å². The Morgan fingerprint density at radius 2 is 2.05 bits per heavy atom. The van der Waals surface area contributed by atoms with Crippen LogP contribution in [0.15, 0.2) is 23.4 Å². The van der Waals surface area contributed by atoms with E-state index in [-0.39, 0.29) is 0 Å². The molecule has 1 saturated heterocycles. The van der Waals surface area contributed by atoms with Gasteiger partial charge in [-0.25, -0.2) is 4.79 Å². The van der Waals surface area contributed by atoms with E-state index in [0.717, 1.165) is 0 Å². The molecule has 1 aromatic rings. The van der Waals surface area contributed by atoms with Gasteiger partial charge in [0.2, 0.25) is 0 Å². The van der Waals surface area contributed by atoms with Crippen molar-refractivity contribution in [2.75, 3.05) is 6.61 Å². The Morgan fingerprint density at radius 3 is 2.68 bits per heavy atom. The predicted molar refractivity (Wildman–Crippen MR) is 68.5 cm³/mol. The highest BCUT2D eigenvalue weighted by atomic mass is 35.5. The minimum absolute atomic E-state index is 0.310. The number of nitrogens with zero attached hydrogens (tertiary/aromatic N) is 1. The first-order valence-corrected chi connectivity index (χ1v) is 6.38. The standard InChI is InChI=1S/C12H9Cl2NO4/c13-7-3-6(4-8(14)5-7)10-9-1-2-18-12(9,11(16)17)19-15-10/h3-5,9H,1-2H2,(H,16,17). The van der Waals surface area contributed by atoms with Gasteiger partial charge in [-0.2, -0.15) is 0 Å². The molecule has 100 valence electrons. The summed E-state index contributed by atoms with van der Waals surface area (Å²) in [5.41, 5.74) is 1.15. The highest BCUT2D eigenvalue weighted by Crippen LogP contribution is 2.41. The molecule has 2 heterocycles. The SMILES string of the molecule is O=C(O)C12OCCC1C(c1cc(Cl)cc(Cl)c1)=NO2. The summed E-state index contributed by atoms with van der Waals surface area (Å²) in [6.07, 6.45) is 0.523. The maximum Gasteiger partial charge on any atom is 0.380 e. The lowest BCUT2D eigenvalue weighted by Crippen LogP contribution is -2.44. The molecule has 0 amide bonds. The first kappa shape index (κ1) is 12.7.